The summed E-state index contributed by atoms with van der Waals surface area (Å²) >= 11 is 2.62. The van der Waals surface area contributed by atoms with Crippen LogP contribution in [0.4, 0.5) is 5.00 Å². The van der Waals surface area contributed by atoms with Crippen molar-refractivity contribution in [1.29, 1.82) is 0 Å². The quantitative estimate of drug-likeness (QED) is 0.246. The highest BCUT2D eigenvalue weighted by atomic mass is 32.2. The normalized spacial score (nSPS) is 10.7. The van der Waals surface area contributed by atoms with Gasteiger partial charge in [0.1, 0.15) is 5.75 Å². The van der Waals surface area contributed by atoms with Crippen molar-refractivity contribution < 1.29 is 9.66 Å². The topological polar surface area (TPSA) is 83.1 Å². The van der Waals surface area contributed by atoms with Crippen LogP contribution in [0.2, 0.25) is 0 Å². The lowest BCUT2D eigenvalue weighted by Gasteiger charge is -2.08. The van der Waals surface area contributed by atoms with E-state index in [0.29, 0.717) is 12.3 Å². The van der Waals surface area contributed by atoms with Gasteiger partial charge in [0.05, 0.1) is 12.0 Å². The average molecular weight is 388 g/mol. The summed E-state index contributed by atoms with van der Waals surface area (Å²) in [5.41, 5.74) is 1.82. The molecule has 0 atom stereocenters. The van der Waals surface area contributed by atoms with Gasteiger partial charge in [-0.3, -0.25) is 14.7 Å². The van der Waals surface area contributed by atoms with Gasteiger partial charge in [0.2, 0.25) is 0 Å². The number of thiophene rings is 1. The molecule has 3 aromatic rings. The number of nitrogens with zero attached hydrogens (tertiary/aromatic N) is 4. The molecule has 26 heavy (non-hydrogen) atoms. The molecule has 0 radical (unpaired) electrons. The van der Waals surface area contributed by atoms with Crippen LogP contribution in [0.5, 0.6) is 5.75 Å². The maximum atomic E-state index is 10.8. The predicted octanol–water partition coefficient (Wildman–Crippen LogP) is 4.40. The SMILES string of the molecule is C=CCn1c(SCc2csc([N+](=O)[O-])c2)nnc1-c1ccc(OC)cc1. The number of allylic oxidation sites excluding steroid dienone is 1. The first-order valence-corrected chi connectivity index (χ1v) is 9.52. The summed E-state index contributed by atoms with van der Waals surface area (Å²) in [5.74, 6) is 2.10. The smallest absolute Gasteiger partial charge is 0.324 e. The summed E-state index contributed by atoms with van der Waals surface area (Å²) in [6.45, 7) is 4.37. The number of methoxy groups -OCH3 is 1. The van der Waals surface area contributed by atoms with Crippen LogP contribution in [-0.2, 0) is 12.3 Å². The first-order valence-electron chi connectivity index (χ1n) is 7.65. The summed E-state index contributed by atoms with van der Waals surface area (Å²) in [6, 6.07) is 9.20. The molecule has 1 aromatic carbocycles. The molecule has 0 aliphatic carbocycles. The number of rotatable bonds is 8. The molecular weight excluding hydrogens is 372 g/mol. The maximum absolute atomic E-state index is 10.8. The molecule has 0 bridgehead atoms. The summed E-state index contributed by atoms with van der Waals surface area (Å²) in [7, 11) is 1.62. The molecule has 0 saturated carbocycles. The molecule has 0 N–H and O–H groups in total. The van der Waals surface area contributed by atoms with E-state index in [4.69, 9.17) is 4.74 Å². The Hall–Kier alpha value is -2.65. The van der Waals surface area contributed by atoms with Crippen molar-refractivity contribution >= 4 is 28.1 Å². The highest BCUT2D eigenvalue weighted by molar-refractivity contribution is 7.98. The van der Waals surface area contributed by atoms with E-state index in [0.717, 1.165) is 39.2 Å². The van der Waals surface area contributed by atoms with E-state index in [9.17, 15) is 10.1 Å². The van der Waals surface area contributed by atoms with E-state index >= 15 is 0 Å². The number of benzene rings is 1. The highest BCUT2D eigenvalue weighted by Crippen LogP contribution is 2.30. The second-order valence-electron chi connectivity index (χ2n) is 5.27. The fourth-order valence-electron chi connectivity index (χ4n) is 2.32. The molecule has 0 fully saturated rings. The molecule has 0 aliphatic rings. The molecule has 7 nitrogen and oxygen atoms in total. The fourth-order valence-corrected chi connectivity index (χ4v) is 4.04. The molecule has 2 heterocycles. The van der Waals surface area contributed by atoms with Crippen molar-refractivity contribution in [3.05, 3.63) is 64.0 Å². The Balaban J connectivity index is 1.81. The Morgan fingerprint density at radius 1 is 1.38 bits per heavy atom. The molecule has 134 valence electrons. The van der Waals surface area contributed by atoms with Crippen LogP contribution in [0, 0.1) is 10.1 Å². The fraction of sp³-hybridized carbons (Fsp3) is 0.176. The van der Waals surface area contributed by atoms with Crippen LogP contribution in [0.3, 0.4) is 0 Å². The van der Waals surface area contributed by atoms with E-state index < -0.39 is 0 Å². The van der Waals surface area contributed by atoms with Crippen LogP contribution >= 0.6 is 23.1 Å². The minimum atomic E-state index is -0.374. The molecule has 0 aliphatic heterocycles. The second-order valence-corrected chi connectivity index (χ2v) is 7.11. The lowest BCUT2D eigenvalue weighted by Crippen LogP contribution is -2.00. The molecule has 0 saturated heterocycles. The zero-order valence-electron chi connectivity index (χ0n) is 14.0. The lowest BCUT2D eigenvalue weighted by molar-refractivity contribution is -0.380. The van der Waals surface area contributed by atoms with Gasteiger partial charge in [0, 0.05) is 29.3 Å². The Morgan fingerprint density at radius 3 is 2.77 bits per heavy atom. The third-order valence-electron chi connectivity index (χ3n) is 3.56. The van der Waals surface area contributed by atoms with E-state index in [1.165, 1.54) is 11.8 Å². The third kappa shape index (κ3) is 3.94. The molecular formula is C17H16N4O3S2. The number of nitro groups is 1. The van der Waals surface area contributed by atoms with Crippen LogP contribution in [0.25, 0.3) is 11.4 Å². The van der Waals surface area contributed by atoms with Gasteiger partial charge in [0.25, 0.3) is 0 Å². The van der Waals surface area contributed by atoms with Crippen molar-refractivity contribution in [2.75, 3.05) is 7.11 Å². The number of aromatic nitrogens is 3. The molecule has 9 heteroatoms. The van der Waals surface area contributed by atoms with Crippen molar-refractivity contribution in [3.63, 3.8) is 0 Å². The summed E-state index contributed by atoms with van der Waals surface area (Å²) in [4.78, 5) is 10.4. The monoisotopic (exact) mass is 388 g/mol. The lowest BCUT2D eigenvalue weighted by atomic mass is 10.2. The van der Waals surface area contributed by atoms with Crippen LogP contribution < -0.4 is 4.74 Å². The van der Waals surface area contributed by atoms with Gasteiger partial charge in [-0.25, -0.2) is 0 Å². The summed E-state index contributed by atoms with van der Waals surface area (Å²) in [5, 5.41) is 22.1. The standard InChI is InChI=1S/C17H16N4O3S2/c1-3-8-20-16(13-4-6-14(24-2)7-5-13)18-19-17(20)26-11-12-9-15(21(22)23)25-10-12/h3-7,9-10H,1,8,11H2,2H3. The van der Waals surface area contributed by atoms with Gasteiger partial charge in [-0.1, -0.05) is 29.2 Å². The second kappa shape index (κ2) is 8.15. The minimum absolute atomic E-state index is 0.145. The van der Waals surface area contributed by atoms with E-state index in [2.05, 4.69) is 16.8 Å². The Morgan fingerprint density at radius 2 is 2.15 bits per heavy atom. The van der Waals surface area contributed by atoms with E-state index in [-0.39, 0.29) is 9.92 Å². The first-order chi connectivity index (χ1) is 12.6. The van der Waals surface area contributed by atoms with Crippen LogP contribution in [0.15, 0.2) is 53.5 Å². The summed E-state index contributed by atoms with van der Waals surface area (Å²) in [6.07, 6.45) is 1.79. The molecule has 3 rings (SSSR count). The van der Waals surface area contributed by atoms with Gasteiger partial charge in [0.15, 0.2) is 11.0 Å². The van der Waals surface area contributed by atoms with E-state index in [1.54, 1.807) is 24.6 Å². The van der Waals surface area contributed by atoms with Crippen molar-refractivity contribution in [2.45, 2.75) is 17.5 Å². The van der Waals surface area contributed by atoms with Crippen molar-refractivity contribution in [1.82, 2.24) is 14.8 Å². The summed E-state index contributed by atoms with van der Waals surface area (Å²) < 4.78 is 7.16. The van der Waals surface area contributed by atoms with Crippen LogP contribution in [-0.4, -0.2) is 26.8 Å². The number of hydrogen-bond acceptors (Lipinski definition) is 7. The maximum Gasteiger partial charge on any atom is 0.324 e. The van der Waals surface area contributed by atoms with Gasteiger partial charge in [-0.15, -0.1) is 16.8 Å². The van der Waals surface area contributed by atoms with E-state index in [1.807, 2.05) is 28.8 Å². The molecule has 0 amide bonds. The predicted molar refractivity (Wildman–Crippen MR) is 103 cm³/mol. The molecule has 2 aromatic heterocycles. The first kappa shape index (κ1) is 18.2. The van der Waals surface area contributed by atoms with Gasteiger partial charge < -0.3 is 4.74 Å². The largest absolute Gasteiger partial charge is 0.497 e. The third-order valence-corrected chi connectivity index (χ3v) is 5.53. The number of hydrogen-bond donors (Lipinski definition) is 0. The molecule has 0 unspecified atom stereocenters. The highest BCUT2D eigenvalue weighted by Gasteiger charge is 2.15. The Labute approximate surface area is 158 Å². The molecule has 0 spiro atoms. The zero-order chi connectivity index (χ0) is 18.5. The van der Waals surface area contributed by atoms with Crippen LogP contribution in [0.1, 0.15) is 5.56 Å². The number of thioether (sulfide) groups is 1. The minimum Gasteiger partial charge on any atom is -0.497 e. The van der Waals surface area contributed by atoms with Crippen molar-refractivity contribution in [2.24, 2.45) is 0 Å². The van der Waals surface area contributed by atoms with Gasteiger partial charge in [-0.05, 0) is 29.8 Å². The Kier molecular flexibility index (Phi) is 5.69. The zero-order valence-corrected chi connectivity index (χ0v) is 15.6. The van der Waals surface area contributed by atoms with Crippen molar-refractivity contribution in [3.8, 4) is 17.1 Å². The Bertz CT molecular complexity index is 918. The average Bonchev–Trinajstić information content (AvgIpc) is 3.28. The van der Waals surface area contributed by atoms with Gasteiger partial charge >= 0.3 is 5.00 Å². The number of ether oxygens (including phenoxy) is 1. The van der Waals surface area contributed by atoms with Gasteiger partial charge in [-0.2, -0.15) is 0 Å².